The van der Waals surface area contributed by atoms with E-state index >= 15 is 0 Å². The Morgan fingerprint density at radius 2 is 1.43 bits per heavy atom. The Labute approximate surface area is 170 Å². The van der Waals surface area contributed by atoms with Gasteiger partial charge >= 0.3 is 5.97 Å². The number of aliphatic hydroxyl groups is 3. The summed E-state index contributed by atoms with van der Waals surface area (Å²) < 4.78 is 10.2. The van der Waals surface area contributed by atoms with Crippen molar-refractivity contribution in [2.45, 2.75) is 121 Å². The van der Waals surface area contributed by atoms with Crippen LogP contribution in [0.3, 0.4) is 0 Å². The van der Waals surface area contributed by atoms with Crippen molar-refractivity contribution < 1.29 is 29.6 Å². The van der Waals surface area contributed by atoms with Crippen LogP contribution in [0, 0.1) is 0 Å². The molecular weight excluding hydrogens is 360 g/mol. The van der Waals surface area contributed by atoms with Crippen LogP contribution in [0.15, 0.2) is 0 Å². The van der Waals surface area contributed by atoms with Crippen LogP contribution in [-0.4, -0.2) is 58.9 Å². The van der Waals surface area contributed by atoms with Crippen LogP contribution in [-0.2, 0) is 14.3 Å². The first kappa shape index (κ1) is 25.3. The summed E-state index contributed by atoms with van der Waals surface area (Å²) in [4.78, 5) is 11.7. The molecule has 6 nitrogen and oxygen atoms in total. The van der Waals surface area contributed by atoms with E-state index in [0.717, 1.165) is 19.3 Å². The van der Waals surface area contributed by atoms with Crippen LogP contribution < -0.4 is 0 Å². The largest absolute Gasteiger partial charge is 0.463 e. The molecule has 1 aliphatic rings. The number of carbonyl (C=O) groups is 1. The average Bonchev–Trinajstić information content (AvgIpc) is 3.02. The molecule has 0 aromatic heterocycles. The predicted molar refractivity (Wildman–Crippen MR) is 109 cm³/mol. The molecule has 3 N–H and O–H groups in total. The van der Waals surface area contributed by atoms with Crippen LogP contribution in [0.25, 0.3) is 0 Å². The van der Waals surface area contributed by atoms with E-state index in [9.17, 15) is 20.1 Å². The maximum atomic E-state index is 11.7. The summed E-state index contributed by atoms with van der Waals surface area (Å²) in [5, 5.41) is 28.9. The van der Waals surface area contributed by atoms with Crippen LogP contribution in [0.2, 0.25) is 0 Å². The van der Waals surface area contributed by atoms with Gasteiger partial charge in [0, 0.05) is 6.42 Å². The second-order valence-electron chi connectivity index (χ2n) is 8.10. The van der Waals surface area contributed by atoms with E-state index in [1.165, 1.54) is 64.2 Å². The van der Waals surface area contributed by atoms with E-state index in [0.29, 0.717) is 6.42 Å². The molecule has 0 saturated carbocycles. The molecule has 0 bridgehead atoms. The van der Waals surface area contributed by atoms with Crippen molar-refractivity contribution in [2.24, 2.45) is 0 Å². The van der Waals surface area contributed by atoms with Gasteiger partial charge in [0.05, 0.1) is 6.61 Å². The minimum Gasteiger partial charge on any atom is -0.463 e. The Balaban J connectivity index is 1.86. The van der Waals surface area contributed by atoms with Crippen LogP contribution in [0.5, 0.6) is 0 Å². The smallest absolute Gasteiger partial charge is 0.305 e. The Hall–Kier alpha value is -0.690. The second-order valence-corrected chi connectivity index (χ2v) is 8.10. The highest BCUT2D eigenvalue weighted by Crippen LogP contribution is 2.18. The molecule has 0 radical (unpaired) electrons. The molecule has 0 unspecified atom stereocenters. The third-order valence-corrected chi connectivity index (χ3v) is 5.47. The maximum Gasteiger partial charge on any atom is 0.305 e. The molecule has 0 aromatic carbocycles. The first-order chi connectivity index (χ1) is 13.6. The van der Waals surface area contributed by atoms with Crippen LogP contribution >= 0.6 is 0 Å². The summed E-state index contributed by atoms with van der Waals surface area (Å²) in [5.41, 5.74) is 0. The molecule has 0 aliphatic carbocycles. The Morgan fingerprint density at radius 1 is 0.929 bits per heavy atom. The number of aliphatic hydroxyl groups excluding tert-OH is 3. The molecule has 0 amide bonds. The van der Waals surface area contributed by atoms with E-state index in [1.54, 1.807) is 0 Å². The lowest BCUT2D eigenvalue weighted by Crippen LogP contribution is -2.41. The van der Waals surface area contributed by atoms with Gasteiger partial charge in [0.2, 0.25) is 0 Å². The first-order valence-corrected chi connectivity index (χ1v) is 11.4. The molecule has 0 aromatic rings. The monoisotopic (exact) mass is 402 g/mol. The maximum absolute atomic E-state index is 11.7. The van der Waals surface area contributed by atoms with E-state index in [4.69, 9.17) is 9.47 Å². The van der Waals surface area contributed by atoms with Gasteiger partial charge in [-0.1, -0.05) is 84.0 Å². The average molecular weight is 403 g/mol. The second kappa shape index (κ2) is 16.1. The van der Waals surface area contributed by atoms with E-state index in [1.807, 2.05) is 0 Å². The topological polar surface area (TPSA) is 96.2 Å². The van der Waals surface area contributed by atoms with Gasteiger partial charge < -0.3 is 24.8 Å². The van der Waals surface area contributed by atoms with Gasteiger partial charge in [-0.05, 0) is 6.42 Å². The van der Waals surface area contributed by atoms with Crippen molar-refractivity contribution in [2.75, 3.05) is 13.2 Å². The SMILES string of the molecule is CCCCCCCCCCCCCCCC(=O)OC[C@H](O)[C@H]1OC[C@@H](O)[C@@H]1O. The number of rotatable bonds is 17. The highest BCUT2D eigenvalue weighted by Gasteiger charge is 2.39. The van der Waals surface area contributed by atoms with Gasteiger partial charge in [0.25, 0.3) is 0 Å². The van der Waals surface area contributed by atoms with Crippen molar-refractivity contribution in [3.05, 3.63) is 0 Å². The van der Waals surface area contributed by atoms with E-state index in [2.05, 4.69) is 6.92 Å². The Bertz CT molecular complexity index is 389. The number of carbonyl (C=O) groups excluding carboxylic acids is 1. The van der Waals surface area contributed by atoms with E-state index in [-0.39, 0.29) is 19.2 Å². The summed E-state index contributed by atoms with van der Waals surface area (Å²) >= 11 is 0. The van der Waals surface area contributed by atoms with Gasteiger partial charge in [-0.3, -0.25) is 4.79 Å². The lowest BCUT2D eigenvalue weighted by molar-refractivity contribution is -0.151. The molecule has 4 atom stereocenters. The lowest BCUT2D eigenvalue weighted by atomic mass is 10.0. The summed E-state index contributed by atoms with van der Waals surface area (Å²) in [5.74, 6) is -0.338. The molecule has 166 valence electrons. The van der Waals surface area contributed by atoms with Gasteiger partial charge in [-0.25, -0.2) is 0 Å². The summed E-state index contributed by atoms with van der Waals surface area (Å²) in [6.07, 6.45) is 12.5. The summed E-state index contributed by atoms with van der Waals surface area (Å²) in [6, 6.07) is 0. The number of unbranched alkanes of at least 4 members (excludes halogenated alkanes) is 12. The Kier molecular flexibility index (Phi) is 14.6. The van der Waals surface area contributed by atoms with Crippen LogP contribution in [0.4, 0.5) is 0 Å². The number of hydrogen-bond acceptors (Lipinski definition) is 6. The summed E-state index contributed by atoms with van der Waals surface area (Å²) in [7, 11) is 0. The molecule has 1 saturated heterocycles. The van der Waals surface area contributed by atoms with Gasteiger partial charge in [-0.15, -0.1) is 0 Å². The number of hydrogen-bond donors (Lipinski definition) is 3. The van der Waals surface area contributed by atoms with Crippen LogP contribution in [0.1, 0.15) is 96.8 Å². The molecule has 1 heterocycles. The fourth-order valence-electron chi connectivity index (χ4n) is 3.60. The fraction of sp³-hybridized carbons (Fsp3) is 0.955. The van der Waals surface area contributed by atoms with Gasteiger partial charge in [0.1, 0.15) is 31.0 Å². The molecule has 6 heteroatoms. The normalized spacial score (nSPS) is 23.1. The van der Waals surface area contributed by atoms with Crippen molar-refractivity contribution >= 4 is 5.97 Å². The predicted octanol–water partition coefficient (Wildman–Crippen LogP) is 3.49. The van der Waals surface area contributed by atoms with Crippen molar-refractivity contribution in [1.82, 2.24) is 0 Å². The lowest BCUT2D eigenvalue weighted by Gasteiger charge is -2.20. The zero-order chi connectivity index (χ0) is 20.6. The fourth-order valence-corrected chi connectivity index (χ4v) is 3.60. The van der Waals surface area contributed by atoms with Crippen molar-refractivity contribution in [1.29, 1.82) is 0 Å². The molecule has 1 fully saturated rings. The molecule has 0 spiro atoms. The minimum atomic E-state index is -1.14. The zero-order valence-electron chi connectivity index (χ0n) is 17.7. The first-order valence-electron chi connectivity index (χ1n) is 11.4. The quantitative estimate of drug-likeness (QED) is 0.255. The minimum absolute atomic E-state index is 0.0181. The molecular formula is C22H42O6. The zero-order valence-corrected chi connectivity index (χ0v) is 17.7. The summed E-state index contributed by atoms with van der Waals surface area (Å²) in [6.45, 7) is 2.01. The van der Waals surface area contributed by atoms with Gasteiger partial charge in [0.15, 0.2) is 0 Å². The third kappa shape index (κ3) is 11.3. The molecule has 1 aliphatic heterocycles. The molecule has 28 heavy (non-hydrogen) atoms. The Morgan fingerprint density at radius 3 is 1.89 bits per heavy atom. The number of esters is 1. The standard InChI is InChI=1S/C22H42O6/c1-2-3-4-5-6-7-8-9-10-11-12-13-14-15-20(25)27-17-19(24)22-21(26)18(23)16-28-22/h18-19,21-24,26H,2-17H2,1H3/t18-,19+,21+,22-/m1/s1. The van der Waals surface area contributed by atoms with Gasteiger partial charge in [-0.2, -0.15) is 0 Å². The molecule has 1 rings (SSSR count). The highest BCUT2D eigenvalue weighted by molar-refractivity contribution is 5.69. The highest BCUT2D eigenvalue weighted by atomic mass is 16.6. The van der Waals surface area contributed by atoms with E-state index < -0.39 is 24.4 Å². The van der Waals surface area contributed by atoms with Crippen molar-refractivity contribution in [3.8, 4) is 0 Å². The third-order valence-electron chi connectivity index (χ3n) is 5.47. The number of ether oxygens (including phenoxy) is 2. The van der Waals surface area contributed by atoms with Crippen molar-refractivity contribution in [3.63, 3.8) is 0 Å².